The van der Waals surface area contributed by atoms with Gasteiger partial charge in [0.15, 0.2) is 0 Å². The second kappa shape index (κ2) is 6.51. The summed E-state index contributed by atoms with van der Waals surface area (Å²) in [5.74, 6) is 0.568. The molecule has 0 aliphatic rings. The Hall–Kier alpha value is -1.83. The van der Waals surface area contributed by atoms with Crippen LogP contribution in [0.2, 0.25) is 0 Å². The molecule has 0 saturated heterocycles. The zero-order valence-electron chi connectivity index (χ0n) is 11.7. The lowest BCUT2D eigenvalue weighted by atomic mass is 10.3. The van der Waals surface area contributed by atoms with E-state index in [0.29, 0.717) is 16.4 Å². The van der Waals surface area contributed by atoms with Gasteiger partial charge in [-0.1, -0.05) is 48.5 Å². The minimum atomic E-state index is -3.20. The molecule has 0 aliphatic carbocycles. The van der Waals surface area contributed by atoms with Crippen molar-refractivity contribution in [2.75, 3.05) is 0 Å². The van der Waals surface area contributed by atoms with Crippen LogP contribution in [0, 0.1) is 0 Å². The maximum absolute atomic E-state index is 13.7. The molecule has 2 nitrogen and oxygen atoms in total. The van der Waals surface area contributed by atoms with Crippen LogP contribution in [-0.2, 0) is 4.57 Å². The highest BCUT2D eigenvalue weighted by Gasteiger charge is 2.30. The van der Waals surface area contributed by atoms with Gasteiger partial charge in [-0.3, -0.25) is 4.57 Å². The minimum absolute atomic E-state index is 0.568. The molecule has 0 saturated carbocycles. The van der Waals surface area contributed by atoms with Crippen LogP contribution in [0.4, 0.5) is 0 Å². The normalized spacial score (nSPS) is 11.1. The molecule has 0 bridgehead atoms. The highest BCUT2D eigenvalue weighted by Crippen LogP contribution is 2.46. The van der Waals surface area contributed by atoms with Crippen molar-refractivity contribution in [3.05, 3.63) is 89.4 Å². The average Bonchev–Trinajstić information content (AvgIpc) is 2.58. The highest BCUT2D eigenvalue weighted by atomic mass is 79.9. The summed E-state index contributed by atoms with van der Waals surface area (Å²) in [5, 5.41) is 1.36. The largest absolute Gasteiger partial charge is 0.436 e. The maximum atomic E-state index is 13.7. The van der Waals surface area contributed by atoms with Gasteiger partial charge in [-0.15, -0.1) is 0 Å². The molecule has 3 rings (SSSR count). The molecule has 0 N–H and O–H groups in total. The summed E-state index contributed by atoms with van der Waals surface area (Å²) in [5.41, 5.74) is 0. The van der Waals surface area contributed by atoms with Gasteiger partial charge in [0.1, 0.15) is 5.75 Å². The van der Waals surface area contributed by atoms with Crippen LogP contribution in [0.25, 0.3) is 0 Å². The Bertz CT molecular complexity index is 760. The monoisotopic (exact) mass is 372 g/mol. The number of halogens is 1. The first-order valence-corrected chi connectivity index (χ1v) is 9.27. The molecule has 0 heterocycles. The third kappa shape index (κ3) is 3.01. The van der Waals surface area contributed by atoms with Gasteiger partial charge in [-0.25, -0.2) is 0 Å². The fourth-order valence-corrected chi connectivity index (χ4v) is 4.73. The highest BCUT2D eigenvalue weighted by molar-refractivity contribution is 9.10. The molecule has 110 valence electrons. The second-order valence-electron chi connectivity index (χ2n) is 4.74. The summed E-state index contributed by atoms with van der Waals surface area (Å²) in [6.45, 7) is 0. The Kier molecular flexibility index (Phi) is 4.47. The van der Waals surface area contributed by atoms with Crippen molar-refractivity contribution < 1.29 is 9.09 Å². The first-order chi connectivity index (χ1) is 10.7. The summed E-state index contributed by atoms with van der Waals surface area (Å²) in [4.78, 5) is 0. The first-order valence-electron chi connectivity index (χ1n) is 6.85. The van der Waals surface area contributed by atoms with E-state index in [0.717, 1.165) is 4.47 Å². The molecule has 0 spiro atoms. The van der Waals surface area contributed by atoms with Gasteiger partial charge in [0.25, 0.3) is 0 Å². The standard InChI is InChI=1S/C18H14BrO2P/c19-17-13-7-8-14-18(17)21-22(20,15-9-3-1-4-10-15)16-11-5-2-6-12-16/h1-14H. The third-order valence-electron chi connectivity index (χ3n) is 3.26. The molecule has 0 fully saturated rings. The van der Waals surface area contributed by atoms with Gasteiger partial charge < -0.3 is 4.52 Å². The summed E-state index contributed by atoms with van der Waals surface area (Å²) in [7, 11) is -3.20. The van der Waals surface area contributed by atoms with E-state index in [1.807, 2.05) is 84.9 Å². The van der Waals surface area contributed by atoms with Crippen molar-refractivity contribution in [1.82, 2.24) is 0 Å². The molecule has 3 aromatic rings. The lowest BCUT2D eigenvalue weighted by Gasteiger charge is -2.21. The zero-order chi connectivity index (χ0) is 15.4. The summed E-state index contributed by atoms with van der Waals surface area (Å²) in [6, 6.07) is 26.1. The van der Waals surface area contributed by atoms with Crippen LogP contribution in [0.15, 0.2) is 89.4 Å². The maximum Gasteiger partial charge on any atom is 0.306 e. The van der Waals surface area contributed by atoms with Crippen molar-refractivity contribution in [3.8, 4) is 5.75 Å². The first kappa shape index (κ1) is 15.1. The molecule has 0 aromatic heterocycles. The number of hydrogen-bond acceptors (Lipinski definition) is 2. The van der Waals surface area contributed by atoms with Gasteiger partial charge in [-0.05, 0) is 52.3 Å². The molecular formula is C18H14BrO2P. The topological polar surface area (TPSA) is 26.3 Å². The van der Waals surface area contributed by atoms with E-state index in [1.165, 1.54) is 0 Å². The molecular weight excluding hydrogens is 359 g/mol. The average molecular weight is 373 g/mol. The van der Waals surface area contributed by atoms with E-state index in [4.69, 9.17) is 4.52 Å². The Morgan fingerprint density at radius 2 is 1.14 bits per heavy atom. The number of para-hydroxylation sites is 1. The lowest BCUT2D eigenvalue weighted by molar-refractivity contribution is 0.501. The van der Waals surface area contributed by atoms with Crippen LogP contribution in [0.1, 0.15) is 0 Å². The van der Waals surface area contributed by atoms with Crippen LogP contribution in [0.5, 0.6) is 5.75 Å². The van der Waals surface area contributed by atoms with Gasteiger partial charge >= 0.3 is 7.37 Å². The van der Waals surface area contributed by atoms with E-state index in [9.17, 15) is 4.57 Å². The smallest absolute Gasteiger partial charge is 0.306 e. The number of rotatable bonds is 4. The van der Waals surface area contributed by atoms with Crippen molar-refractivity contribution >= 4 is 33.9 Å². The fraction of sp³-hybridized carbons (Fsp3) is 0. The summed E-state index contributed by atoms with van der Waals surface area (Å²) < 4.78 is 20.5. The quantitative estimate of drug-likeness (QED) is 0.617. The minimum Gasteiger partial charge on any atom is -0.436 e. The predicted molar refractivity (Wildman–Crippen MR) is 94.5 cm³/mol. The summed E-state index contributed by atoms with van der Waals surface area (Å²) >= 11 is 3.45. The van der Waals surface area contributed by atoms with E-state index in [1.54, 1.807) is 0 Å². The van der Waals surface area contributed by atoms with E-state index >= 15 is 0 Å². The molecule has 0 aliphatic heterocycles. The van der Waals surface area contributed by atoms with E-state index in [-0.39, 0.29) is 0 Å². The van der Waals surface area contributed by atoms with Crippen LogP contribution in [-0.4, -0.2) is 0 Å². The Labute approximate surface area is 138 Å². The third-order valence-corrected chi connectivity index (χ3v) is 6.32. The van der Waals surface area contributed by atoms with Crippen molar-refractivity contribution in [1.29, 1.82) is 0 Å². The van der Waals surface area contributed by atoms with Gasteiger partial charge in [0, 0.05) is 0 Å². The number of benzene rings is 3. The van der Waals surface area contributed by atoms with Crippen molar-refractivity contribution in [3.63, 3.8) is 0 Å². The SMILES string of the molecule is O=P(Oc1ccccc1Br)(c1ccccc1)c1ccccc1. The van der Waals surface area contributed by atoms with Crippen LogP contribution >= 0.6 is 23.3 Å². The lowest BCUT2D eigenvalue weighted by Crippen LogP contribution is -2.20. The van der Waals surface area contributed by atoms with E-state index in [2.05, 4.69) is 15.9 Å². The van der Waals surface area contributed by atoms with Gasteiger partial charge in [0.05, 0.1) is 15.1 Å². The van der Waals surface area contributed by atoms with Crippen molar-refractivity contribution in [2.24, 2.45) is 0 Å². The molecule has 22 heavy (non-hydrogen) atoms. The Balaban J connectivity index is 2.13. The molecule has 0 amide bonds. The number of hydrogen-bond donors (Lipinski definition) is 0. The van der Waals surface area contributed by atoms with E-state index < -0.39 is 7.37 Å². The zero-order valence-corrected chi connectivity index (χ0v) is 14.2. The fourth-order valence-electron chi connectivity index (χ4n) is 2.16. The molecule has 3 aromatic carbocycles. The Morgan fingerprint density at radius 3 is 1.64 bits per heavy atom. The predicted octanol–water partition coefficient (Wildman–Crippen LogP) is 4.76. The molecule has 0 unspecified atom stereocenters. The summed E-state index contributed by atoms with van der Waals surface area (Å²) in [6.07, 6.45) is 0. The molecule has 4 heteroatoms. The Morgan fingerprint density at radius 1 is 0.682 bits per heavy atom. The van der Waals surface area contributed by atoms with Crippen LogP contribution < -0.4 is 15.1 Å². The van der Waals surface area contributed by atoms with Crippen molar-refractivity contribution in [2.45, 2.75) is 0 Å². The molecule has 0 radical (unpaired) electrons. The second-order valence-corrected chi connectivity index (χ2v) is 7.92. The molecule has 0 atom stereocenters. The van der Waals surface area contributed by atoms with Gasteiger partial charge in [0.2, 0.25) is 0 Å². The van der Waals surface area contributed by atoms with Gasteiger partial charge in [-0.2, -0.15) is 0 Å². The van der Waals surface area contributed by atoms with Crippen LogP contribution in [0.3, 0.4) is 0 Å².